The summed E-state index contributed by atoms with van der Waals surface area (Å²) >= 11 is 0. The van der Waals surface area contributed by atoms with Crippen molar-refractivity contribution in [1.82, 2.24) is 5.32 Å². The summed E-state index contributed by atoms with van der Waals surface area (Å²) < 4.78 is 5.53. The van der Waals surface area contributed by atoms with Crippen molar-refractivity contribution < 1.29 is 4.74 Å². The van der Waals surface area contributed by atoms with Gasteiger partial charge in [-0.25, -0.2) is 0 Å². The second-order valence-corrected chi connectivity index (χ2v) is 6.44. The first kappa shape index (κ1) is 15.9. The van der Waals surface area contributed by atoms with Crippen LogP contribution >= 0.6 is 0 Å². The van der Waals surface area contributed by atoms with E-state index >= 15 is 0 Å². The molecule has 0 bridgehead atoms. The van der Waals surface area contributed by atoms with Crippen LogP contribution in [0, 0.1) is 13.8 Å². The van der Waals surface area contributed by atoms with Crippen molar-refractivity contribution >= 4 is 5.69 Å². The zero-order valence-corrected chi connectivity index (χ0v) is 14.4. The van der Waals surface area contributed by atoms with E-state index in [0.717, 1.165) is 32.0 Å². The summed E-state index contributed by atoms with van der Waals surface area (Å²) in [6.07, 6.45) is 1.19. The lowest BCUT2D eigenvalue weighted by atomic mass is 9.99. The Bertz CT molecular complexity index is 681. The average Bonchev–Trinajstić information content (AvgIpc) is 2.55. The minimum atomic E-state index is 0.799. The highest BCUT2D eigenvalue weighted by atomic mass is 16.5. The number of aryl methyl sites for hydroxylation is 2. The second-order valence-electron chi connectivity index (χ2n) is 6.44. The molecule has 2 heterocycles. The van der Waals surface area contributed by atoms with Crippen molar-refractivity contribution in [2.45, 2.75) is 26.8 Å². The van der Waals surface area contributed by atoms with Crippen LogP contribution in [-0.4, -0.2) is 26.7 Å². The zero-order valence-electron chi connectivity index (χ0n) is 14.4. The van der Waals surface area contributed by atoms with Crippen LogP contribution in [0.15, 0.2) is 36.4 Å². The average molecular weight is 310 g/mol. The molecule has 3 nitrogen and oxygen atoms in total. The quantitative estimate of drug-likeness (QED) is 0.806. The van der Waals surface area contributed by atoms with Gasteiger partial charge in [-0.05, 0) is 55.6 Å². The van der Waals surface area contributed by atoms with Crippen LogP contribution in [0.4, 0.5) is 5.69 Å². The van der Waals surface area contributed by atoms with E-state index in [2.05, 4.69) is 67.5 Å². The van der Waals surface area contributed by atoms with E-state index in [9.17, 15) is 0 Å². The molecule has 0 atom stereocenters. The van der Waals surface area contributed by atoms with Crippen molar-refractivity contribution in [2.24, 2.45) is 0 Å². The van der Waals surface area contributed by atoms with Crippen LogP contribution in [0.1, 0.15) is 22.3 Å². The molecule has 0 fully saturated rings. The van der Waals surface area contributed by atoms with E-state index in [1.165, 1.54) is 34.4 Å². The molecule has 1 N–H and O–H groups in total. The molecule has 2 aliphatic heterocycles. The molecular weight excluding hydrogens is 284 g/mol. The lowest BCUT2D eigenvalue weighted by Crippen LogP contribution is -2.28. The van der Waals surface area contributed by atoms with E-state index in [0.29, 0.717) is 0 Å². The van der Waals surface area contributed by atoms with Gasteiger partial charge in [0, 0.05) is 13.6 Å². The van der Waals surface area contributed by atoms with Crippen molar-refractivity contribution in [3.8, 4) is 5.75 Å². The fourth-order valence-electron chi connectivity index (χ4n) is 3.07. The lowest BCUT2D eigenvalue weighted by molar-refractivity contribution is 0.311. The van der Waals surface area contributed by atoms with Gasteiger partial charge in [-0.1, -0.05) is 29.8 Å². The molecular formula is C20H26N2O. The maximum Gasteiger partial charge on any atom is 0.142 e. The molecule has 0 aliphatic carbocycles. The summed E-state index contributed by atoms with van der Waals surface area (Å²) in [7, 11) is 2.09. The third-order valence-corrected chi connectivity index (χ3v) is 4.46. The highest BCUT2D eigenvalue weighted by Gasteiger charge is 2.13. The van der Waals surface area contributed by atoms with Gasteiger partial charge in [-0.3, -0.25) is 0 Å². The first-order valence-corrected chi connectivity index (χ1v) is 8.37. The largest absolute Gasteiger partial charge is 0.490 e. The number of rotatable bonds is 0. The fourth-order valence-corrected chi connectivity index (χ4v) is 3.07. The van der Waals surface area contributed by atoms with Gasteiger partial charge in [-0.2, -0.15) is 0 Å². The number of fused-ring (bicyclic) bond motifs is 2. The Hall–Kier alpha value is -2.00. The van der Waals surface area contributed by atoms with Crippen molar-refractivity contribution in [1.29, 1.82) is 0 Å². The predicted octanol–water partition coefficient (Wildman–Crippen LogP) is 3.46. The van der Waals surface area contributed by atoms with Crippen LogP contribution in [0.2, 0.25) is 0 Å². The summed E-state index contributed by atoms with van der Waals surface area (Å²) in [5.74, 6) is 1.02. The Balaban J connectivity index is 0.000000136. The topological polar surface area (TPSA) is 24.5 Å². The van der Waals surface area contributed by atoms with E-state index in [-0.39, 0.29) is 0 Å². The first-order chi connectivity index (χ1) is 11.1. The van der Waals surface area contributed by atoms with Gasteiger partial charge in [0.15, 0.2) is 0 Å². The maximum absolute atomic E-state index is 5.53. The molecule has 4 rings (SSSR count). The number of nitrogens with one attached hydrogen (secondary N) is 1. The van der Waals surface area contributed by atoms with Crippen LogP contribution in [-0.2, 0) is 13.0 Å². The molecule has 0 radical (unpaired) electrons. The summed E-state index contributed by atoms with van der Waals surface area (Å²) in [5, 5.41) is 3.37. The predicted molar refractivity (Wildman–Crippen MR) is 96.5 cm³/mol. The number of likely N-dealkylation sites (N-methyl/N-ethyl adjacent to an activating group) is 1. The Morgan fingerprint density at radius 1 is 1.00 bits per heavy atom. The number of hydrogen-bond acceptors (Lipinski definition) is 3. The molecule has 0 unspecified atom stereocenters. The normalized spacial score (nSPS) is 15.7. The molecule has 0 saturated heterocycles. The SMILES string of the molecule is Cc1ccc2c(c1)CNCC2.Cc1ccc2c(c1)OCCN2C. The van der Waals surface area contributed by atoms with Crippen molar-refractivity contribution in [3.05, 3.63) is 58.7 Å². The molecule has 2 aliphatic rings. The molecule has 0 amide bonds. The van der Waals surface area contributed by atoms with E-state index < -0.39 is 0 Å². The van der Waals surface area contributed by atoms with E-state index in [1.54, 1.807) is 0 Å². The van der Waals surface area contributed by atoms with Gasteiger partial charge in [0.05, 0.1) is 12.2 Å². The summed E-state index contributed by atoms with van der Waals surface area (Å²) in [6, 6.07) is 13.1. The molecule has 0 saturated carbocycles. The third kappa shape index (κ3) is 3.85. The van der Waals surface area contributed by atoms with Gasteiger partial charge in [0.1, 0.15) is 12.4 Å². The van der Waals surface area contributed by atoms with Gasteiger partial charge in [0.25, 0.3) is 0 Å². The highest BCUT2D eigenvalue weighted by molar-refractivity contribution is 5.60. The zero-order chi connectivity index (χ0) is 16.2. The minimum absolute atomic E-state index is 0.799. The van der Waals surface area contributed by atoms with E-state index in [1.807, 2.05) is 0 Å². The van der Waals surface area contributed by atoms with Crippen LogP contribution < -0.4 is 15.0 Å². The van der Waals surface area contributed by atoms with Crippen LogP contribution in [0.3, 0.4) is 0 Å². The van der Waals surface area contributed by atoms with Gasteiger partial charge in [-0.15, -0.1) is 0 Å². The number of ether oxygens (including phenoxy) is 1. The number of nitrogens with zero attached hydrogens (tertiary/aromatic N) is 1. The van der Waals surface area contributed by atoms with Crippen molar-refractivity contribution in [3.63, 3.8) is 0 Å². The standard InChI is InChI=1S/C10H13NO.C10H13N/c1-8-3-4-9-10(7-8)12-6-5-11(9)2;1-8-2-3-9-4-5-11-7-10(9)6-8/h3-4,7H,5-6H2,1-2H3;2-3,6,11H,4-5,7H2,1H3. The molecule has 23 heavy (non-hydrogen) atoms. The minimum Gasteiger partial charge on any atom is -0.490 e. The van der Waals surface area contributed by atoms with Gasteiger partial charge < -0.3 is 15.0 Å². The molecule has 2 aromatic rings. The Kier molecular flexibility index (Phi) is 4.87. The number of anilines is 1. The van der Waals surface area contributed by atoms with Gasteiger partial charge >= 0.3 is 0 Å². The van der Waals surface area contributed by atoms with Gasteiger partial charge in [0.2, 0.25) is 0 Å². The lowest BCUT2D eigenvalue weighted by Gasteiger charge is -2.27. The summed E-state index contributed by atoms with van der Waals surface area (Å²) in [5.41, 5.74) is 6.83. The molecule has 2 aromatic carbocycles. The maximum atomic E-state index is 5.53. The third-order valence-electron chi connectivity index (χ3n) is 4.46. The Morgan fingerprint density at radius 3 is 2.65 bits per heavy atom. The molecule has 122 valence electrons. The Labute approximate surface area is 139 Å². The van der Waals surface area contributed by atoms with Crippen LogP contribution in [0.5, 0.6) is 5.75 Å². The molecule has 3 heteroatoms. The number of hydrogen-bond donors (Lipinski definition) is 1. The Morgan fingerprint density at radius 2 is 1.78 bits per heavy atom. The fraction of sp³-hybridized carbons (Fsp3) is 0.400. The van der Waals surface area contributed by atoms with Crippen molar-refractivity contribution in [2.75, 3.05) is 31.6 Å². The smallest absolute Gasteiger partial charge is 0.142 e. The summed E-state index contributed by atoms with van der Waals surface area (Å²) in [6.45, 7) is 8.20. The molecule has 0 spiro atoms. The first-order valence-electron chi connectivity index (χ1n) is 8.37. The monoisotopic (exact) mass is 310 g/mol. The van der Waals surface area contributed by atoms with Crippen LogP contribution in [0.25, 0.3) is 0 Å². The second kappa shape index (κ2) is 7.05. The highest BCUT2D eigenvalue weighted by Crippen LogP contribution is 2.30. The molecule has 0 aromatic heterocycles. The van der Waals surface area contributed by atoms with E-state index in [4.69, 9.17) is 4.74 Å². The summed E-state index contributed by atoms with van der Waals surface area (Å²) in [4.78, 5) is 2.22. The number of benzene rings is 2.